The Labute approximate surface area is 206 Å². The Morgan fingerprint density at radius 2 is 1.80 bits per heavy atom. The average Bonchev–Trinajstić information content (AvgIpc) is 3.50. The SMILES string of the molecule is COc1ccc(Cl)c(S(=O)(=O)NC(=O)c2nnn(-c3ccc(OC(F)(F)F)cc3Cl)c2C2CC2)c1. The minimum atomic E-state index is -4.90. The van der Waals surface area contributed by atoms with E-state index in [9.17, 15) is 26.4 Å². The maximum Gasteiger partial charge on any atom is 0.573 e. The summed E-state index contributed by atoms with van der Waals surface area (Å²) in [6.07, 6.45) is -3.58. The highest BCUT2D eigenvalue weighted by atomic mass is 35.5. The smallest absolute Gasteiger partial charge is 0.497 e. The lowest BCUT2D eigenvalue weighted by Crippen LogP contribution is -2.31. The van der Waals surface area contributed by atoms with E-state index in [1.54, 1.807) is 0 Å². The van der Waals surface area contributed by atoms with Crippen molar-refractivity contribution in [2.45, 2.75) is 30.0 Å². The van der Waals surface area contributed by atoms with E-state index in [-0.39, 0.29) is 43.7 Å². The van der Waals surface area contributed by atoms with Crippen LogP contribution in [-0.2, 0) is 10.0 Å². The fraction of sp³-hybridized carbons (Fsp3) is 0.250. The zero-order valence-electron chi connectivity index (χ0n) is 17.6. The topological polar surface area (TPSA) is 112 Å². The van der Waals surface area contributed by atoms with Crippen LogP contribution >= 0.6 is 23.2 Å². The molecule has 0 bridgehead atoms. The summed E-state index contributed by atoms with van der Waals surface area (Å²) in [7, 11) is -3.08. The Balaban J connectivity index is 1.67. The van der Waals surface area contributed by atoms with E-state index in [1.165, 1.54) is 30.0 Å². The third kappa shape index (κ3) is 5.46. The molecule has 1 saturated carbocycles. The summed E-state index contributed by atoms with van der Waals surface area (Å²) in [5.41, 5.74) is 0.121. The summed E-state index contributed by atoms with van der Waals surface area (Å²) in [6.45, 7) is 0. The Morgan fingerprint density at radius 3 is 2.40 bits per heavy atom. The van der Waals surface area contributed by atoms with E-state index in [1.807, 2.05) is 4.72 Å². The predicted molar refractivity (Wildman–Crippen MR) is 118 cm³/mol. The largest absolute Gasteiger partial charge is 0.573 e. The van der Waals surface area contributed by atoms with Gasteiger partial charge in [0.05, 0.1) is 28.5 Å². The third-order valence-electron chi connectivity index (χ3n) is 4.92. The Morgan fingerprint density at radius 1 is 1.11 bits per heavy atom. The highest BCUT2D eigenvalue weighted by Crippen LogP contribution is 2.43. The summed E-state index contributed by atoms with van der Waals surface area (Å²) < 4.78 is 75.1. The number of benzene rings is 2. The fourth-order valence-electron chi connectivity index (χ4n) is 3.25. The van der Waals surface area contributed by atoms with Gasteiger partial charge >= 0.3 is 6.36 Å². The second-order valence-electron chi connectivity index (χ2n) is 7.40. The van der Waals surface area contributed by atoms with Crippen molar-refractivity contribution in [1.82, 2.24) is 19.7 Å². The van der Waals surface area contributed by atoms with Gasteiger partial charge in [-0.1, -0.05) is 28.4 Å². The van der Waals surface area contributed by atoms with Crippen molar-refractivity contribution in [3.63, 3.8) is 0 Å². The highest BCUT2D eigenvalue weighted by molar-refractivity contribution is 7.90. The van der Waals surface area contributed by atoms with E-state index in [0.29, 0.717) is 12.8 Å². The van der Waals surface area contributed by atoms with Gasteiger partial charge in [0.25, 0.3) is 15.9 Å². The Kier molecular flexibility index (Phi) is 6.60. The first-order valence-corrected chi connectivity index (χ1v) is 12.1. The van der Waals surface area contributed by atoms with Crippen molar-refractivity contribution in [1.29, 1.82) is 0 Å². The van der Waals surface area contributed by atoms with Crippen LogP contribution < -0.4 is 14.2 Å². The molecule has 0 aliphatic heterocycles. The first-order valence-electron chi connectivity index (χ1n) is 9.81. The van der Waals surface area contributed by atoms with Crippen LogP contribution in [0.5, 0.6) is 11.5 Å². The van der Waals surface area contributed by atoms with Crippen LogP contribution in [0.3, 0.4) is 0 Å². The molecule has 1 aliphatic carbocycles. The molecule has 4 rings (SSSR count). The molecule has 35 heavy (non-hydrogen) atoms. The van der Waals surface area contributed by atoms with E-state index in [4.69, 9.17) is 27.9 Å². The molecule has 0 saturated heterocycles. The number of hydrogen-bond donors (Lipinski definition) is 1. The van der Waals surface area contributed by atoms with E-state index in [0.717, 1.165) is 18.2 Å². The molecule has 1 amide bonds. The number of rotatable bonds is 7. The summed E-state index contributed by atoms with van der Waals surface area (Å²) in [4.78, 5) is 12.6. The van der Waals surface area contributed by atoms with Crippen molar-refractivity contribution in [2.75, 3.05) is 7.11 Å². The first-order chi connectivity index (χ1) is 16.4. The molecule has 0 radical (unpaired) electrons. The highest BCUT2D eigenvalue weighted by Gasteiger charge is 2.36. The lowest BCUT2D eigenvalue weighted by molar-refractivity contribution is -0.274. The van der Waals surface area contributed by atoms with Crippen molar-refractivity contribution in [2.24, 2.45) is 0 Å². The van der Waals surface area contributed by atoms with Crippen molar-refractivity contribution < 1.29 is 35.9 Å². The molecular formula is C20H15Cl2F3N4O5S. The average molecular weight is 551 g/mol. The Bertz CT molecular complexity index is 1410. The van der Waals surface area contributed by atoms with Gasteiger partial charge in [0.2, 0.25) is 0 Å². The summed E-state index contributed by atoms with van der Waals surface area (Å²) >= 11 is 12.2. The number of methoxy groups -OCH3 is 1. The third-order valence-corrected chi connectivity index (χ3v) is 7.04. The van der Waals surface area contributed by atoms with Gasteiger partial charge in [-0.2, -0.15) is 0 Å². The molecule has 9 nitrogen and oxygen atoms in total. The minimum absolute atomic E-state index is 0.133. The first kappa shape index (κ1) is 25.1. The number of hydrogen-bond acceptors (Lipinski definition) is 7. The molecule has 186 valence electrons. The molecular weight excluding hydrogens is 536 g/mol. The van der Waals surface area contributed by atoms with Gasteiger partial charge in [-0.05, 0) is 37.1 Å². The van der Waals surface area contributed by atoms with Gasteiger partial charge in [0.1, 0.15) is 16.4 Å². The van der Waals surface area contributed by atoms with E-state index < -0.39 is 28.0 Å². The molecule has 1 aliphatic rings. The molecule has 3 aromatic rings. The van der Waals surface area contributed by atoms with Crippen LogP contribution in [0.4, 0.5) is 13.2 Å². The molecule has 1 heterocycles. The molecule has 1 fully saturated rings. The number of carbonyl (C=O) groups is 1. The second-order valence-corrected chi connectivity index (χ2v) is 9.87. The molecule has 0 unspecified atom stereocenters. The lowest BCUT2D eigenvalue weighted by atomic mass is 10.2. The maximum absolute atomic E-state index is 12.9. The molecule has 0 spiro atoms. The number of sulfonamides is 1. The van der Waals surface area contributed by atoms with E-state index in [2.05, 4.69) is 15.0 Å². The second kappa shape index (κ2) is 9.21. The van der Waals surface area contributed by atoms with Gasteiger partial charge in [-0.15, -0.1) is 18.3 Å². The standard InChI is InChI=1S/C20H15Cl2F3N4O5S/c1-33-11-4-6-13(21)16(9-11)35(31,32)27-19(30)17-18(10-2-3-10)29(28-26-17)15-7-5-12(8-14(15)22)34-20(23,24)25/h4-10H,2-3H2,1H3,(H,27,30). The van der Waals surface area contributed by atoms with Crippen LogP contribution in [0, 0.1) is 0 Å². The van der Waals surface area contributed by atoms with Crippen LogP contribution in [0.25, 0.3) is 5.69 Å². The zero-order valence-corrected chi connectivity index (χ0v) is 20.0. The number of nitrogens with zero attached hydrogens (tertiary/aromatic N) is 3. The maximum atomic E-state index is 12.9. The monoisotopic (exact) mass is 550 g/mol. The van der Waals surface area contributed by atoms with Crippen molar-refractivity contribution >= 4 is 39.1 Å². The van der Waals surface area contributed by atoms with Crippen molar-refractivity contribution in [3.05, 3.63) is 57.8 Å². The van der Waals surface area contributed by atoms with Crippen LogP contribution in [0.1, 0.15) is 34.9 Å². The van der Waals surface area contributed by atoms with Crippen molar-refractivity contribution in [3.8, 4) is 17.2 Å². The summed E-state index contributed by atoms with van der Waals surface area (Å²) in [5.74, 6) is -1.58. The molecule has 2 aromatic carbocycles. The number of nitrogens with one attached hydrogen (secondary N) is 1. The van der Waals surface area contributed by atoms with Crippen LogP contribution in [0.2, 0.25) is 10.0 Å². The van der Waals surface area contributed by atoms with Gasteiger partial charge in [0, 0.05) is 18.1 Å². The molecule has 0 atom stereocenters. The van der Waals surface area contributed by atoms with Gasteiger partial charge in [-0.25, -0.2) is 17.8 Å². The van der Waals surface area contributed by atoms with E-state index >= 15 is 0 Å². The number of halogens is 5. The zero-order chi connectivity index (χ0) is 25.5. The summed E-state index contributed by atoms with van der Waals surface area (Å²) in [5, 5.41) is 7.43. The van der Waals surface area contributed by atoms with Crippen LogP contribution in [-0.4, -0.2) is 42.8 Å². The molecule has 1 aromatic heterocycles. The lowest BCUT2D eigenvalue weighted by Gasteiger charge is -2.12. The fourth-order valence-corrected chi connectivity index (χ4v) is 4.97. The number of aromatic nitrogens is 3. The van der Waals surface area contributed by atoms with Crippen LogP contribution in [0.15, 0.2) is 41.3 Å². The minimum Gasteiger partial charge on any atom is -0.497 e. The number of ether oxygens (including phenoxy) is 2. The number of carbonyl (C=O) groups excluding carboxylic acids is 1. The number of amides is 1. The predicted octanol–water partition coefficient (Wildman–Crippen LogP) is 4.48. The number of alkyl halides is 3. The van der Waals surface area contributed by atoms with Gasteiger partial charge in [-0.3, -0.25) is 4.79 Å². The normalized spacial score (nSPS) is 14.0. The van der Waals surface area contributed by atoms with Gasteiger partial charge in [0.15, 0.2) is 5.69 Å². The van der Waals surface area contributed by atoms with Gasteiger partial charge < -0.3 is 9.47 Å². The molecule has 15 heteroatoms. The summed E-state index contributed by atoms with van der Waals surface area (Å²) in [6, 6.07) is 7.10. The quantitative estimate of drug-likeness (QED) is 0.461. The Hall–Kier alpha value is -3.03. The molecule has 1 N–H and O–H groups in total.